The summed E-state index contributed by atoms with van der Waals surface area (Å²) in [7, 11) is 0. The molecule has 142 valence electrons. The molecule has 1 fully saturated rings. The minimum Gasteiger partial charge on any atom is -0.370 e. The molecule has 1 atom stereocenters. The SMILES string of the molecule is O=C(c1ccc(-c2cccc(Cl)c2Cl)cc1)N1CCOC(c2ccccc2)C1. The molecule has 0 bridgehead atoms. The van der Waals surface area contributed by atoms with Crippen LogP contribution < -0.4 is 0 Å². The zero-order valence-electron chi connectivity index (χ0n) is 15.1. The fraction of sp³-hybridized carbons (Fsp3) is 0.174. The predicted molar refractivity (Wildman–Crippen MR) is 113 cm³/mol. The van der Waals surface area contributed by atoms with Gasteiger partial charge in [0.25, 0.3) is 5.91 Å². The molecular weight excluding hydrogens is 393 g/mol. The lowest BCUT2D eigenvalue weighted by Crippen LogP contribution is -2.42. The zero-order valence-corrected chi connectivity index (χ0v) is 16.7. The maximum atomic E-state index is 13.0. The van der Waals surface area contributed by atoms with E-state index in [1.165, 1.54) is 0 Å². The number of ether oxygens (including phenoxy) is 1. The summed E-state index contributed by atoms with van der Waals surface area (Å²) in [6.07, 6.45) is -0.0940. The third kappa shape index (κ3) is 3.93. The molecule has 0 radical (unpaired) electrons. The van der Waals surface area contributed by atoms with Gasteiger partial charge in [-0.2, -0.15) is 0 Å². The van der Waals surface area contributed by atoms with Crippen LogP contribution >= 0.6 is 23.2 Å². The molecule has 1 aliphatic rings. The van der Waals surface area contributed by atoms with Crippen LogP contribution in [-0.2, 0) is 4.74 Å². The van der Waals surface area contributed by atoms with Crippen LogP contribution in [0.5, 0.6) is 0 Å². The van der Waals surface area contributed by atoms with Crippen LogP contribution in [0.2, 0.25) is 10.0 Å². The predicted octanol–water partition coefficient (Wildman–Crippen LogP) is 5.87. The maximum Gasteiger partial charge on any atom is 0.254 e. The minimum absolute atomic E-state index is 0.00738. The summed E-state index contributed by atoms with van der Waals surface area (Å²) in [5.41, 5.74) is 3.51. The number of halogens is 2. The molecular formula is C23H19Cl2NO2. The Hall–Kier alpha value is -2.33. The Labute approximate surface area is 174 Å². The fourth-order valence-electron chi connectivity index (χ4n) is 3.40. The van der Waals surface area contributed by atoms with E-state index in [2.05, 4.69) is 0 Å². The topological polar surface area (TPSA) is 29.5 Å². The number of rotatable bonds is 3. The van der Waals surface area contributed by atoms with E-state index >= 15 is 0 Å². The fourth-order valence-corrected chi connectivity index (χ4v) is 3.81. The molecule has 1 aliphatic heterocycles. The normalized spacial score (nSPS) is 16.8. The van der Waals surface area contributed by atoms with Crippen molar-refractivity contribution in [1.82, 2.24) is 4.90 Å². The molecule has 28 heavy (non-hydrogen) atoms. The first-order chi connectivity index (χ1) is 13.6. The Kier molecular flexibility index (Phi) is 5.67. The first-order valence-corrected chi connectivity index (χ1v) is 9.89. The molecule has 1 saturated heterocycles. The summed E-state index contributed by atoms with van der Waals surface area (Å²) in [6.45, 7) is 1.66. The van der Waals surface area contributed by atoms with E-state index < -0.39 is 0 Å². The lowest BCUT2D eigenvalue weighted by molar-refractivity contribution is -0.0228. The van der Waals surface area contributed by atoms with Crippen LogP contribution in [0.25, 0.3) is 11.1 Å². The van der Waals surface area contributed by atoms with E-state index in [9.17, 15) is 4.79 Å². The minimum atomic E-state index is -0.0940. The Morgan fingerprint density at radius 2 is 1.68 bits per heavy atom. The summed E-state index contributed by atoms with van der Waals surface area (Å²) in [4.78, 5) is 14.8. The second-order valence-corrected chi connectivity index (χ2v) is 7.49. The van der Waals surface area contributed by atoms with E-state index in [0.29, 0.717) is 35.3 Å². The smallest absolute Gasteiger partial charge is 0.254 e. The van der Waals surface area contributed by atoms with Crippen molar-refractivity contribution in [2.45, 2.75) is 6.10 Å². The van der Waals surface area contributed by atoms with Crippen molar-refractivity contribution in [1.29, 1.82) is 0 Å². The van der Waals surface area contributed by atoms with Crippen molar-refractivity contribution in [2.24, 2.45) is 0 Å². The van der Waals surface area contributed by atoms with E-state index in [-0.39, 0.29) is 12.0 Å². The summed E-state index contributed by atoms with van der Waals surface area (Å²) >= 11 is 12.4. The zero-order chi connectivity index (χ0) is 19.5. The second-order valence-electron chi connectivity index (χ2n) is 6.70. The lowest BCUT2D eigenvalue weighted by atomic mass is 10.0. The van der Waals surface area contributed by atoms with Crippen molar-refractivity contribution in [3.8, 4) is 11.1 Å². The Morgan fingerprint density at radius 3 is 2.43 bits per heavy atom. The van der Waals surface area contributed by atoms with Crippen LogP contribution in [0.15, 0.2) is 72.8 Å². The molecule has 1 amide bonds. The quantitative estimate of drug-likeness (QED) is 0.538. The lowest BCUT2D eigenvalue weighted by Gasteiger charge is -2.33. The van der Waals surface area contributed by atoms with Crippen molar-refractivity contribution in [3.63, 3.8) is 0 Å². The van der Waals surface area contributed by atoms with E-state index in [1.54, 1.807) is 6.07 Å². The van der Waals surface area contributed by atoms with Gasteiger partial charge < -0.3 is 9.64 Å². The number of amides is 1. The highest BCUT2D eigenvalue weighted by molar-refractivity contribution is 6.43. The summed E-state index contributed by atoms with van der Waals surface area (Å²) in [5, 5.41) is 1.03. The molecule has 1 unspecified atom stereocenters. The Balaban J connectivity index is 1.51. The number of hydrogen-bond donors (Lipinski definition) is 0. The molecule has 3 aromatic carbocycles. The van der Waals surface area contributed by atoms with Gasteiger partial charge in [-0.25, -0.2) is 0 Å². The average molecular weight is 412 g/mol. The highest BCUT2D eigenvalue weighted by Gasteiger charge is 2.26. The number of carbonyl (C=O) groups is 1. The van der Waals surface area contributed by atoms with E-state index in [4.69, 9.17) is 27.9 Å². The van der Waals surface area contributed by atoms with Crippen molar-refractivity contribution < 1.29 is 9.53 Å². The monoisotopic (exact) mass is 411 g/mol. The molecule has 5 heteroatoms. The number of morpholine rings is 1. The van der Waals surface area contributed by atoms with Crippen LogP contribution in [0, 0.1) is 0 Å². The van der Waals surface area contributed by atoms with Crippen molar-refractivity contribution in [3.05, 3.63) is 94.0 Å². The number of nitrogens with zero attached hydrogens (tertiary/aromatic N) is 1. The first kappa shape index (κ1) is 19.0. The molecule has 0 aliphatic carbocycles. The third-order valence-corrected chi connectivity index (χ3v) is 5.74. The molecule has 1 heterocycles. The second kappa shape index (κ2) is 8.36. The van der Waals surface area contributed by atoms with Gasteiger partial charge in [0.05, 0.1) is 23.2 Å². The molecule has 4 rings (SSSR count). The maximum absolute atomic E-state index is 13.0. The Morgan fingerprint density at radius 1 is 0.929 bits per heavy atom. The third-order valence-electron chi connectivity index (χ3n) is 4.92. The van der Waals surface area contributed by atoms with Gasteiger partial charge in [0.2, 0.25) is 0 Å². The molecule has 0 aromatic heterocycles. The van der Waals surface area contributed by atoms with Gasteiger partial charge in [0.1, 0.15) is 6.10 Å². The van der Waals surface area contributed by atoms with Crippen LogP contribution in [0.4, 0.5) is 0 Å². The number of carbonyl (C=O) groups excluding carboxylic acids is 1. The molecule has 0 saturated carbocycles. The first-order valence-electron chi connectivity index (χ1n) is 9.14. The molecule has 3 aromatic rings. The standard InChI is InChI=1S/C23H19Cl2NO2/c24-20-8-4-7-19(22(20)25)16-9-11-18(12-10-16)23(27)26-13-14-28-21(15-26)17-5-2-1-3-6-17/h1-12,21H,13-15H2. The van der Waals surface area contributed by atoms with Gasteiger partial charge in [-0.1, -0.05) is 77.8 Å². The van der Waals surface area contributed by atoms with Crippen molar-refractivity contribution in [2.75, 3.05) is 19.7 Å². The van der Waals surface area contributed by atoms with Gasteiger partial charge in [-0.3, -0.25) is 4.79 Å². The van der Waals surface area contributed by atoms with Gasteiger partial charge in [0, 0.05) is 17.7 Å². The molecule has 0 spiro atoms. The number of benzene rings is 3. The van der Waals surface area contributed by atoms with E-state index in [1.807, 2.05) is 71.6 Å². The van der Waals surface area contributed by atoms with E-state index in [0.717, 1.165) is 16.7 Å². The van der Waals surface area contributed by atoms with Crippen LogP contribution in [0.3, 0.4) is 0 Å². The summed E-state index contributed by atoms with van der Waals surface area (Å²) < 4.78 is 5.86. The van der Waals surface area contributed by atoms with Crippen LogP contribution in [-0.4, -0.2) is 30.5 Å². The van der Waals surface area contributed by atoms with Gasteiger partial charge >= 0.3 is 0 Å². The van der Waals surface area contributed by atoms with Crippen molar-refractivity contribution >= 4 is 29.1 Å². The van der Waals surface area contributed by atoms with Gasteiger partial charge in [-0.05, 0) is 29.3 Å². The van der Waals surface area contributed by atoms with Gasteiger partial charge in [-0.15, -0.1) is 0 Å². The summed E-state index contributed by atoms with van der Waals surface area (Å²) in [5.74, 6) is 0.00738. The molecule has 0 N–H and O–H groups in total. The van der Waals surface area contributed by atoms with Crippen LogP contribution in [0.1, 0.15) is 22.0 Å². The summed E-state index contributed by atoms with van der Waals surface area (Å²) in [6, 6.07) is 23.0. The molecule has 3 nitrogen and oxygen atoms in total. The largest absolute Gasteiger partial charge is 0.370 e. The van der Waals surface area contributed by atoms with Gasteiger partial charge in [0.15, 0.2) is 0 Å². The average Bonchev–Trinajstić information content (AvgIpc) is 2.76. The number of hydrogen-bond acceptors (Lipinski definition) is 2. The highest BCUT2D eigenvalue weighted by Crippen LogP contribution is 2.33. The Bertz CT molecular complexity index is 974. The highest BCUT2D eigenvalue weighted by atomic mass is 35.5.